The van der Waals surface area contributed by atoms with Gasteiger partial charge in [-0.1, -0.05) is 11.6 Å². The zero-order valence-electron chi connectivity index (χ0n) is 8.19. The van der Waals surface area contributed by atoms with Gasteiger partial charge in [0.25, 0.3) is 5.91 Å². The molecule has 1 unspecified atom stereocenters. The Morgan fingerprint density at radius 2 is 2.00 bits per heavy atom. The Hall–Kier alpha value is -1.06. The molecule has 2 rings (SSSR count). The number of hydrogen-bond acceptors (Lipinski definition) is 2. The topological polar surface area (TPSA) is 40.5 Å². The Balaban J connectivity index is 2.22. The molecule has 15 heavy (non-hydrogen) atoms. The summed E-state index contributed by atoms with van der Waals surface area (Å²) in [6.45, 7) is 0.664. The predicted octanol–water partition coefficient (Wildman–Crippen LogP) is 1.83. The molecular formula is C11H12ClNO2. The van der Waals surface area contributed by atoms with E-state index in [0.29, 0.717) is 18.0 Å². The Kier molecular flexibility index (Phi) is 2.93. The lowest BCUT2D eigenvalue weighted by molar-refractivity contribution is -0.128. The summed E-state index contributed by atoms with van der Waals surface area (Å²) in [4.78, 5) is 13.3. The van der Waals surface area contributed by atoms with Gasteiger partial charge in [-0.25, -0.2) is 0 Å². The number of amides is 1. The molecule has 1 aliphatic heterocycles. The summed E-state index contributed by atoms with van der Waals surface area (Å²) in [5.74, 6) is -0.219. The Morgan fingerprint density at radius 1 is 1.33 bits per heavy atom. The molecule has 0 aromatic heterocycles. The molecule has 0 radical (unpaired) electrons. The van der Waals surface area contributed by atoms with E-state index in [9.17, 15) is 9.90 Å². The monoisotopic (exact) mass is 225 g/mol. The maximum Gasteiger partial charge on any atom is 0.255 e. The molecule has 1 aliphatic rings. The van der Waals surface area contributed by atoms with E-state index in [4.69, 9.17) is 11.6 Å². The molecule has 0 aliphatic carbocycles. The summed E-state index contributed by atoms with van der Waals surface area (Å²) in [6, 6.07) is 7.06. The van der Waals surface area contributed by atoms with E-state index < -0.39 is 6.10 Å². The number of aliphatic hydroxyl groups excluding tert-OH is 1. The molecule has 1 saturated heterocycles. The van der Waals surface area contributed by atoms with E-state index in [1.54, 1.807) is 29.2 Å². The third-order valence-corrected chi connectivity index (χ3v) is 2.80. The largest absolute Gasteiger partial charge is 0.383 e. The number of carbonyl (C=O) groups excluding carboxylic acids is 1. The number of benzene rings is 1. The molecule has 0 bridgehead atoms. The van der Waals surface area contributed by atoms with Crippen molar-refractivity contribution in [1.29, 1.82) is 0 Å². The SMILES string of the molecule is O=C1C(O)CCCN1c1ccc(Cl)cc1. The minimum absolute atomic E-state index is 0.219. The van der Waals surface area contributed by atoms with E-state index in [1.807, 2.05) is 0 Å². The molecule has 0 saturated carbocycles. The van der Waals surface area contributed by atoms with E-state index >= 15 is 0 Å². The number of rotatable bonds is 1. The number of halogens is 1. The van der Waals surface area contributed by atoms with Crippen LogP contribution in [0.1, 0.15) is 12.8 Å². The van der Waals surface area contributed by atoms with Gasteiger partial charge in [0.2, 0.25) is 0 Å². The molecule has 1 heterocycles. The Bertz CT molecular complexity index is 363. The van der Waals surface area contributed by atoms with Gasteiger partial charge in [-0.15, -0.1) is 0 Å². The van der Waals surface area contributed by atoms with Crippen molar-refractivity contribution in [3.05, 3.63) is 29.3 Å². The summed E-state index contributed by atoms with van der Waals surface area (Å²) in [6.07, 6.45) is 0.535. The van der Waals surface area contributed by atoms with Crippen molar-refractivity contribution in [1.82, 2.24) is 0 Å². The first kappa shape index (κ1) is 10.5. The zero-order valence-corrected chi connectivity index (χ0v) is 8.94. The van der Waals surface area contributed by atoms with Gasteiger partial charge in [0, 0.05) is 17.3 Å². The summed E-state index contributed by atoms with van der Waals surface area (Å²) < 4.78 is 0. The first-order valence-corrected chi connectivity index (χ1v) is 5.31. The molecule has 0 spiro atoms. The Morgan fingerprint density at radius 3 is 2.67 bits per heavy atom. The van der Waals surface area contributed by atoms with Crippen LogP contribution in [0.4, 0.5) is 5.69 Å². The highest BCUT2D eigenvalue weighted by Gasteiger charge is 2.27. The molecule has 4 heteroatoms. The minimum atomic E-state index is -0.852. The van der Waals surface area contributed by atoms with E-state index in [0.717, 1.165) is 12.1 Å². The minimum Gasteiger partial charge on any atom is -0.383 e. The van der Waals surface area contributed by atoms with Crippen LogP contribution in [0.15, 0.2) is 24.3 Å². The highest BCUT2D eigenvalue weighted by atomic mass is 35.5. The number of carbonyl (C=O) groups is 1. The summed E-state index contributed by atoms with van der Waals surface area (Å²) in [5.41, 5.74) is 0.795. The van der Waals surface area contributed by atoms with Gasteiger partial charge in [-0.2, -0.15) is 0 Å². The van der Waals surface area contributed by atoms with Crippen LogP contribution < -0.4 is 4.90 Å². The molecule has 1 aromatic rings. The van der Waals surface area contributed by atoms with Crippen molar-refractivity contribution in [2.45, 2.75) is 18.9 Å². The van der Waals surface area contributed by atoms with Gasteiger partial charge in [0.05, 0.1) is 0 Å². The van der Waals surface area contributed by atoms with Crippen molar-refractivity contribution in [2.75, 3.05) is 11.4 Å². The van der Waals surface area contributed by atoms with Crippen LogP contribution in [-0.2, 0) is 4.79 Å². The fourth-order valence-electron chi connectivity index (χ4n) is 1.73. The van der Waals surface area contributed by atoms with Gasteiger partial charge in [-0.05, 0) is 37.1 Å². The lowest BCUT2D eigenvalue weighted by Crippen LogP contribution is -2.44. The second-order valence-electron chi connectivity index (χ2n) is 3.62. The van der Waals surface area contributed by atoms with Gasteiger partial charge in [0.15, 0.2) is 0 Å². The summed E-state index contributed by atoms with van der Waals surface area (Å²) in [5, 5.41) is 10.1. The number of nitrogens with zero attached hydrogens (tertiary/aromatic N) is 1. The van der Waals surface area contributed by atoms with E-state index in [1.165, 1.54) is 0 Å². The lowest BCUT2D eigenvalue weighted by atomic mass is 10.1. The fraction of sp³-hybridized carbons (Fsp3) is 0.364. The molecule has 3 nitrogen and oxygen atoms in total. The highest BCUT2D eigenvalue weighted by Crippen LogP contribution is 2.22. The van der Waals surface area contributed by atoms with Crippen LogP contribution in [0, 0.1) is 0 Å². The van der Waals surface area contributed by atoms with Crippen LogP contribution in [0.25, 0.3) is 0 Å². The highest BCUT2D eigenvalue weighted by molar-refractivity contribution is 6.30. The molecule has 1 aromatic carbocycles. The second-order valence-corrected chi connectivity index (χ2v) is 4.06. The summed E-state index contributed by atoms with van der Waals surface area (Å²) in [7, 11) is 0. The van der Waals surface area contributed by atoms with Crippen molar-refractivity contribution < 1.29 is 9.90 Å². The van der Waals surface area contributed by atoms with Gasteiger partial charge in [0.1, 0.15) is 6.10 Å². The maximum absolute atomic E-state index is 11.7. The van der Waals surface area contributed by atoms with Crippen molar-refractivity contribution in [3.63, 3.8) is 0 Å². The smallest absolute Gasteiger partial charge is 0.255 e. The third kappa shape index (κ3) is 2.13. The standard InChI is InChI=1S/C11H12ClNO2/c12-8-3-5-9(6-4-8)13-7-1-2-10(14)11(13)15/h3-6,10,14H,1-2,7H2. The first-order valence-electron chi connectivity index (χ1n) is 4.93. The van der Waals surface area contributed by atoms with Crippen molar-refractivity contribution in [2.24, 2.45) is 0 Å². The van der Waals surface area contributed by atoms with Crippen LogP contribution in [0.3, 0.4) is 0 Å². The number of piperidine rings is 1. The average Bonchev–Trinajstić information content (AvgIpc) is 2.24. The molecular weight excluding hydrogens is 214 g/mol. The average molecular weight is 226 g/mol. The first-order chi connectivity index (χ1) is 7.18. The summed E-state index contributed by atoms with van der Waals surface area (Å²) >= 11 is 5.76. The van der Waals surface area contributed by atoms with Crippen LogP contribution in [0.5, 0.6) is 0 Å². The quantitative estimate of drug-likeness (QED) is 0.792. The van der Waals surface area contributed by atoms with Crippen molar-refractivity contribution in [3.8, 4) is 0 Å². The van der Waals surface area contributed by atoms with Gasteiger partial charge < -0.3 is 10.0 Å². The maximum atomic E-state index is 11.7. The Labute approximate surface area is 93.3 Å². The van der Waals surface area contributed by atoms with Gasteiger partial charge in [-0.3, -0.25) is 4.79 Å². The van der Waals surface area contributed by atoms with Crippen LogP contribution in [-0.4, -0.2) is 23.7 Å². The van der Waals surface area contributed by atoms with Crippen LogP contribution >= 0.6 is 11.6 Å². The molecule has 1 fully saturated rings. The lowest BCUT2D eigenvalue weighted by Gasteiger charge is -2.29. The van der Waals surface area contributed by atoms with Crippen LogP contribution in [0.2, 0.25) is 5.02 Å². The van der Waals surface area contributed by atoms with Crippen molar-refractivity contribution >= 4 is 23.2 Å². The number of aliphatic hydroxyl groups is 1. The van der Waals surface area contributed by atoms with E-state index in [2.05, 4.69) is 0 Å². The molecule has 1 atom stereocenters. The normalized spacial score (nSPS) is 21.9. The fourth-order valence-corrected chi connectivity index (χ4v) is 1.86. The third-order valence-electron chi connectivity index (χ3n) is 2.55. The molecule has 1 amide bonds. The number of hydrogen-bond donors (Lipinski definition) is 1. The zero-order chi connectivity index (χ0) is 10.8. The molecule has 80 valence electrons. The van der Waals surface area contributed by atoms with Gasteiger partial charge >= 0.3 is 0 Å². The number of anilines is 1. The predicted molar refractivity (Wildman–Crippen MR) is 59.0 cm³/mol. The molecule has 1 N–H and O–H groups in total. The second kappa shape index (κ2) is 4.21. The van der Waals surface area contributed by atoms with E-state index in [-0.39, 0.29) is 5.91 Å².